The van der Waals surface area contributed by atoms with E-state index >= 15 is 0 Å². The molecule has 1 aliphatic rings. The maximum Gasteiger partial charge on any atom is 0.160 e. The summed E-state index contributed by atoms with van der Waals surface area (Å²) in [5, 5.41) is 0. The van der Waals surface area contributed by atoms with Crippen LogP contribution >= 0.6 is 0 Å². The molecule has 104 valence electrons. The van der Waals surface area contributed by atoms with Crippen LogP contribution in [0.4, 0.5) is 0 Å². The van der Waals surface area contributed by atoms with Crippen molar-refractivity contribution in [3.8, 4) is 11.8 Å². The molecule has 2 unspecified atom stereocenters. The van der Waals surface area contributed by atoms with Crippen LogP contribution in [0.2, 0.25) is 0 Å². The van der Waals surface area contributed by atoms with Gasteiger partial charge in [0.25, 0.3) is 0 Å². The molecule has 1 rings (SSSR count). The lowest BCUT2D eigenvalue weighted by atomic mass is 10.0. The van der Waals surface area contributed by atoms with Gasteiger partial charge < -0.3 is 18.9 Å². The summed E-state index contributed by atoms with van der Waals surface area (Å²) >= 11 is 0. The van der Waals surface area contributed by atoms with E-state index in [1.54, 1.807) is 21.1 Å². The van der Waals surface area contributed by atoms with Gasteiger partial charge in [0, 0.05) is 27.2 Å². The maximum absolute atomic E-state index is 6.00. The number of ether oxygens (including phenoxy) is 4. The lowest BCUT2D eigenvalue weighted by Gasteiger charge is -2.33. The Morgan fingerprint density at radius 1 is 1.33 bits per heavy atom. The zero-order valence-electron chi connectivity index (χ0n) is 11.8. The number of rotatable bonds is 6. The van der Waals surface area contributed by atoms with Crippen molar-refractivity contribution in [1.29, 1.82) is 0 Å². The molecule has 0 aromatic heterocycles. The Bertz CT molecular complexity index is 284. The van der Waals surface area contributed by atoms with E-state index < -0.39 is 5.60 Å². The molecule has 18 heavy (non-hydrogen) atoms. The van der Waals surface area contributed by atoms with Gasteiger partial charge in [-0.05, 0) is 33.1 Å². The first-order chi connectivity index (χ1) is 8.63. The summed E-state index contributed by atoms with van der Waals surface area (Å²) in [6.07, 6.45) is 3.23. The molecule has 4 nitrogen and oxygen atoms in total. The average molecular weight is 256 g/mol. The lowest BCUT2D eigenvalue weighted by molar-refractivity contribution is -0.223. The van der Waals surface area contributed by atoms with Gasteiger partial charge in [-0.2, -0.15) is 0 Å². The quantitative estimate of drug-likeness (QED) is 0.540. The van der Waals surface area contributed by atoms with Gasteiger partial charge >= 0.3 is 0 Å². The minimum absolute atomic E-state index is 0.168. The van der Waals surface area contributed by atoms with Gasteiger partial charge in [-0.1, -0.05) is 5.92 Å². The van der Waals surface area contributed by atoms with E-state index in [1.807, 2.05) is 6.92 Å². The van der Waals surface area contributed by atoms with Gasteiger partial charge in [0.1, 0.15) is 5.60 Å². The van der Waals surface area contributed by atoms with E-state index in [9.17, 15) is 0 Å². The fourth-order valence-electron chi connectivity index (χ4n) is 2.07. The van der Waals surface area contributed by atoms with E-state index in [1.165, 1.54) is 0 Å². The van der Waals surface area contributed by atoms with Crippen molar-refractivity contribution in [1.82, 2.24) is 0 Å². The smallest absolute Gasteiger partial charge is 0.160 e. The fraction of sp³-hybridized carbons (Fsp3) is 0.857. The Balaban J connectivity index is 2.62. The molecular weight excluding hydrogens is 232 g/mol. The molecule has 1 fully saturated rings. The van der Waals surface area contributed by atoms with E-state index in [-0.39, 0.29) is 12.6 Å². The third-order valence-corrected chi connectivity index (χ3v) is 3.00. The van der Waals surface area contributed by atoms with E-state index in [2.05, 4.69) is 11.8 Å². The van der Waals surface area contributed by atoms with Crippen molar-refractivity contribution in [3.05, 3.63) is 0 Å². The van der Waals surface area contributed by atoms with Crippen molar-refractivity contribution < 1.29 is 18.9 Å². The Morgan fingerprint density at radius 2 is 2.06 bits per heavy atom. The summed E-state index contributed by atoms with van der Waals surface area (Å²) in [5.41, 5.74) is -0.604. The highest BCUT2D eigenvalue weighted by atomic mass is 16.7. The number of methoxy groups -OCH3 is 2. The first-order valence-corrected chi connectivity index (χ1v) is 6.42. The molecule has 0 radical (unpaired) electrons. The summed E-state index contributed by atoms with van der Waals surface area (Å²) in [6, 6.07) is 0. The van der Waals surface area contributed by atoms with Gasteiger partial charge in [0.2, 0.25) is 0 Å². The Hall–Kier alpha value is -0.600. The summed E-state index contributed by atoms with van der Waals surface area (Å²) in [6.45, 7) is 4.52. The highest BCUT2D eigenvalue weighted by Gasteiger charge is 2.31. The van der Waals surface area contributed by atoms with Crippen LogP contribution in [0.1, 0.15) is 39.5 Å². The molecule has 0 bridgehead atoms. The molecule has 0 aliphatic carbocycles. The summed E-state index contributed by atoms with van der Waals surface area (Å²) in [5.74, 6) is 6.00. The second kappa shape index (κ2) is 7.75. The lowest BCUT2D eigenvalue weighted by Crippen LogP contribution is -2.39. The van der Waals surface area contributed by atoms with Crippen LogP contribution in [-0.2, 0) is 18.9 Å². The molecule has 1 saturated heterocycles. The van der Waals surface area contributed by atoms with Gasteiger partial charge in [-0.25, -0.2) is 0 Å². The second-order valence-electron chi connectivity index (χ2n) is 4.62. The van der Waals surface area contributed by atoms with Crippen LogP contribution in [0.3, 0.4) is 0 Å². The number of hydrogen-bond acceptors (Lipinski definition) is 4. The first-order valence-electron chi connectivity index (χ1n) is 6.42. The average Bonchev–Trinajstić information content (AvgIpc) is 2.37. The van der Waals surface area contributed by atoms with Gasteiger partial charge in [-0.3, -0.25) is 0 Å². The molecule has 0 amide bonds. The topological polar surface area (TPSA) is 36.9 Å². The zero-order chi connectivity index (χ0) is 13.4. The van der Waals surface area contributed by atoms with Gasteiger partial charge in [-0.15, -0.1) is 5.92 Å². The summed E-state index contributed by atoms with van der Waals surface area (Å²) in [4.78, 5) is 0. The van der Waals surface area contributed by atoms with Crippen LogP contribution in [0, 0.1) is 11.8 Å². The van der Waals surface area contributed by atoms with Gasteiger partial charge in [0.15, 0.2) is 12.6 Å². The minimum atomic E-state index is -0.604. The predicted molar refractivity (Wildman–Crippen MR) is 69.0 cm³/mol. The standard InChI is InChI=1S/C14H24O4/c1-5-9-14(2,11-13(15-3)16-4)18-12-8-6-7-10-17-12/h12-13H,6-8,10-11H2,1-4H3. The Morgan fingerprint density at radius 3 is 2.56 bits per heavy atom. The van der Waals surface area contributed by atoms with Crippen molar-refractivity contribution in [2.75, 3.05) is 20.8 Å². The molecule has 0 N–H and O–H groups in total. The minimum Gasteiger partial charge on any atom is -0.356 e. The maximum atomic E-state index is 6.00. The SMILES string of the molecule is CC#CC(C)(CC(OC)OC)OC1CCCCO1. The highest BCUT2D eigenvalue weighted by molar-refractivity contribution is 5.11. The molecular formula is C14H24O4. The van der Waals surface area contributed by atoms with Crippen molar-refractivity contribution in [2.24, 2.45) is 0 Å². The highest BCUT2D eigenvalue weighted by Crippen LogP contribution is 2.25. The zero-order valence-corrected chi connectivity index (χ0v) is 11.8. The molecule has 0 saturated carbocycles. The van der Waals surface area contributed by atoms with Crippen LogP contribution in [0.5, 0.6) is 0 Å². The second-order valence-corrected chi connectivity index (χ2v) is 4.62. The van der Waals surface area contributed by atoms with E-state index in [0.717, 1.165) is 25.9 Å². The summed E-state index contributed by atoms with van der Waals surface area (Å²) in [7, 11) is 3.23. The monoisotopic (exact) mass is 256 g/mol. The molecule has 0 aromatic rings. The van der Waals surface area contributed by atoms with Crippen molar-refractivity contribution >= 4 is 0 Å². The Labute approximate surface area is 110 Å². The number of hydrogen-bond donors (Lipinski definition) is 0. The van der Waals surface area contributed by atoms with Gasteiger partial charge in [0.05, 0.1) is 0 Å². The Kier molecular flexibility index (Phi) is 6.66. The van der Waals surface area contributed by atoms with Crippen LogP contribution in [0.25, 0.3) is 0 Å². The van der Waals surface area contributed by atoms with E-state index in [4.69, 9.17) is 18.9 Å². The van der Waals surface area contributed by atoms with Crippen molar-refractivity contribution in [3.63, 3.8) is 0 Å². The van der Waals surface area contributed by atoms with Crippen LogP contribution < -0.4 is 0 Å². The molecule has 1 heterocycles. The molecule has 0 aromatic carbocycles. The molecule has 1 aliphatic heterocycles. The predicted octanol–water partition coefficient (Wildman–Crippen LogP) is 2.32. The van der Waals surface area contributed by atoms with E-state index in [0.29, 0.717) is 6.42 Å². The normalized spacial score (nSPS) is 23.3. The first kappa shape index (κ1) is 15.5. The third kappa shape index (κ3) is 4.95. The van der Waals surface area contributed by atoms with Crippen LogP contribution in [0.15, 0.2) is 0 Å². The fourth-order valence-corrected chi connectivity index (χ4v) is 2.07. The largest absolute Gasteiger partial charge is 0.356 e. The molecule has 0 spiro atoms. The summed E-state index contributed by atoms with van der Waals surface area (Å²) < 4.78 is 22.0. The van der Waals surface area contributed by atoms with Crippen LogP contribution in [-0.4, -0.2) is 39.0 Å². The molecule has 4 heteroatoms. The van der Waals surface area contributed by atoms with Crippen molar-refractivity contribution in [2.45, 2.75) is 57.7 Å². The molecule has 2 atom stereocenters. The third-order valence-electron chi connectivity index (χ3n) is 3.00.